The molecule has 2 aliphatic heterocycles. The van der Waals surface area contributed by atoms with Crippen molar-refractivity contribution in [1.82, 2.24) is 0 Å². The third-order valence-corrected chi connectivity index (χ3v) is 5.16. The highest BCUT2D eigenvalue weighted by molar-refractivity contribution is 5.82. The lowest BCUT2D eigenvalue weighted by Crippen LogP contribution is -3.05. The molecule has 2 heterocycles. The van der Waals surface area contributed by atoms with Crippen LogP contribution in [0.5, 0.6) is 23.0 Å². The van der Waals surface area contributed by atoms with Gasteiger partial charge in [0.1, 0.15) is 12.2 Å². The van der Waals surface area contributed by atoms with Crippen LogP contribution in [0.25, 0.3) is 11.8 Å². The molecule has 2 aromatic carbocycles. The lowest BCUT2D eigenvalue weighted by molar-refractivity contribution is -0.818. The van der Waals surface area contributed by atoms with Crippen LogP contribution in [0.1, 0.15) is 22.3 Å². The molecule has 4 rings (SSSR count). The Labute approximate surface area is 158 Å². The molecule has 0 aliphatic carbocycles. The zero-order chi connectivity index (χ0) is 19.0. The minimum atomic E-state index is 0.0839. The Morgan fingerprint density at radius 1 is 1.11 bits per heavy atom. The van der Waals surface area contributed by atoms with E-state index in [1.807, 2.05) is 18.2 Å². The summed E-state index contributed by atoms with van der Waals surface area (Å²) in [6.07, 6.45) is 2.74. The molecular formula is C21H24NO5+. The predicted molar refractivity (Wildman–Crippen MR) is 101 cm³/mol. The SMILES string of the molecule is COc1ccc2c(c1OC)C[NH+](C)C(c1cc3c(cc1CCO)OCO3)=C2. The van der Waals surface area contributed by atoms with Crippen LogP contribution in [0.2, 0.25) is 0 Å². The van der Waals surface area contributed by atoms with Gasteiger partial charge in [-0.2, -0.15) is 0 Å². The second-order valence-corrected chi connectivity index (χ2v) is 6.72. The monoisotopic (exact) mass is 370 g/mol. The minimum Gasteiger partial charge on any atom is -0.493 e. The number of methoxy groups -OCH3 is 2. The lowest BCUT2D eigenvalue weighted by Gasteiger charge is -2.26. The lowest BCUT2D eigenvalue weighted by atomic mass is 9.94. The average molecular weight is 370 g/mol. The molecule has 2 aromatic rings. The normalized spacial score (nSPS) is 17.3. The maximum atomic E-state index is 9.51. The van der Waals surface area contributed by atoms with Crippen molar-refractivity contribution in [1.29, 1.82) is 0 Å². The van der Waals surface area contributed by atoms with Crippen LogP contribution in [0.4, 0.5) is 0 Å². The van der Waals surface area contributed by atoms with Crippen molar-refractivity contribution in [2.75, 3.05) is 34.7 Å². The van der Waals surface area contributed by atoms with E-state index < -0.39 is 0 Å². The van der Waals surface area contributed by atoms with Crippen molar-refractivity contribution in [3.05, 3.63) is 46.5 Å². The van der Waals surface area contributed by atoms with Crippen LogP contribution in [0.3, 0.4) is 0 Å². The summed E-state index contributed by atoms with van der Waals surface area (Å²) in [6, 6.07) is 7.99. The third kappa shape index (κ3) is 3.01. The molecular weight excluding hydrogens is 346 g/mol. The smallest absolute Gasteiger partial charge is 0.231 e. The number of aliphatic hydroxyl groups is 1. The van der Waals surface area contributed by atoms with Crippen molar-refractivity contribution in [2.24, 2.45) is 0 Å². The highest BCUT2D eigenvalue weighted by Gasteiger charge is 2.29. The Bertz CT molecular complexity index is 906. The Balaban J connectivity index is 1.84. The Kier molecular flexibility index (Phi) is 4.68. The molecule has 6 heteroatoms. The molecule has 0 saturated carbocycles. The number of rotatable bonds is 5. The van der Waals surface area contributed by atoms with Crippen LogP contribution in [-0.4, -0.2) is 39.8 Å². The fourth-order valence-corrected chi connectivity index (χ4v) is 3.83. The number of quaternary nitrogens is 1. The summed E-state index contributed by atoms with van der Waals surface area (Å²) >= 11 is 0. The molecule has 2 aliphatic rings. The first-order valence-corrected chi connectivity index (χ1v) is 8.98. The second-order valence-electron chi connectivity index (χ2n) is 6.72. The summed E-state index contributed by atoms with van der Waals surface area (Å²) in [5.74, 6) is 3.01. The van der Waals surface area contributed by atoms with Crippen LogP contribution in [0, 0.1) is 0 Å². The first-order chi connectivity index (χ1) is 13.2. The highest BCUT2D eigenvalue weighted by atomic mass is 16.7. The quantitative estimate of drug-likeness (QED) is 0.835. The molecule has 2 N–H and O–H groups in total. The summed E-state index contributed by atoms with van der Waals surface area (Å²) in [4.78, 5) is 1.23. The molecule has 0 bridgehead atoms. The number of hydrogen-bond acceptors (Lipinski definition) is 5. The fraction of sp³-hybridized carbons (Fsp3) is 0.333. The topological polar surface area (TPSA) is 61.6 Å². The first kappa shape index (κ1) is 17.7. The number of ether oxygens (including phenoxy) is 4. The zero-order valence-corrected chi connectivity index (χ0v) is 15.8. The summed E-state index contributed by atoms with van der Waals surface area (Å²) in [7, 11) is 5.45. The Hall–Kier alpha value is -2.70. The van der Waals surface area contributed by atoms with Gasteiger partial charge in [-0.1, -0.05) is 6.07 Å². The molecule has 142 valence electrons. The third-order valence-electron chi connectivity index (χ3n) is 5.16. The van der Waals surface area contributed by atoms with E-state index in [0.29, 0.717) is 6.42 Å². The van der Waals surface area contributed by atoms with Crippen molar-refractivity contribution >= 4 is 11.8 Å². The van der Waals surface area contributed by atoms with Gasteiger partial charge < -0.3 is 29.0 Å². The summed E-state index contributed by atoms with van der Waals surface area (Å²) in [5, 5.41) is 9.51. The standard InChI is InChI=1S/C21H23NO5/c1-22-11-16-13(4-5-18(24-2)21(16)25-3)8-17(22)15-10-20-19(26-12-27-20)9-14(15)6-7-23/h4-5,8-10,23H,6-7,11-12H2,1-3H3/p+1. The van der Waals surface area contributed by atoms with Gasteiger partial charge in [0.15, 0.2) is 23.0 Å². The maximum Gasteiger partial charge on any atom is 0.231 e. The molecule has 27 heavy (non-hydrogen) atoms. The Morgan fingerprint density at radius 3 is 2.59 bits per heavy atom. The van der Waals surface area contributed by atoms with E-state index >= 15 is 0 Å². The van der Waals surface area contributed by atoms with E-state index in [4.69, 9.17) is 18.9 Å². The van der Waals surface area contributed by atoms with Crippen LogP contribution in [-0.2, 0) is 13.0 Å². The number of nitrogens with one attached hydrogen (secondary N) is 1. The van der Waals surface area contributed by atoms with Gasteiger partial charge in [0.2, 0.25) is 6.79 Å². The van der Waals surface area contributed by atoms with Crippen molar-refractivity contribution in [3.63, 3.8) is 0 Å². The van der Waals surface area contributed by atoms with E-state index in [-0.39, 0.29) is 13.4 Å². The van der Waals surface area contributed by atoms with Crippen LogP contribution >= 0.6 is 0 Å². The van der Waals surface area contributed by atoms with Crippen molar-refractivity contribution < 1.29 is 29.0 Å². The molecule has 0 fully saturated rings. The van der Waals surface area contributed by atoms with E-state index in [1.54, 1.807) is 14.2 Å². The highest BCUT2D eigenvalue weighted by Crippen LogP contribution is 2.39. The van der Waals surface area contributed by atoms with Gasteiger partial charge in [-0.3, -0.25) is 0 Å². The molecule has 0 saturated heterocycles. The first-order valence-electron chi connectivity index (χ1n) is 8.98. The predicted octanol–water partition coefficient (Wildman–Crippen LogP) is 1.49. The summed E-state index contributed by atoms with van der Waals surface area (Å²) in [5.41, 5.74) is 5.52. The van der Waals surface area contributed by atoms with E-state index in [1.165, 1.54) is 4.90 Å². The molecule has 0 spiro atoms. The summed E-state index contributed by atoms with van der Waals surface area (Å²) in [6.45, 7) is 1.09. The van der Waals surface area contributed by atoms with Gasteiger partial charge in [-0.15, -0.1) is 0 Å². The molecule has 1 atom stereocenters. The number of hydrogen-bond donors (Lipinski definition) is 2. The van der Waals surface area contributed by atoms with Gasteiger partial charge in [0, 0.05) is 18.2 Å². The molecule has 6 nitrogen and oxygen atoms in total. The maximum absolute atomic E-state index is 9.51. The van der Waals surface area contributed by atoms with Gasteiger partial charge in [0.25, 0.3) is 0 Å². The average Bonchev–Trinajstić information content (AvgIpc) is 3.13. The van der Waals surface area contributed by atoms with E-state index in [0.717, 1.165) is 57.5 Å². The van der Waals surface area contributed by atoms with Crippen LogP contribution in [0.15, 0.2) is 24.3 Å². The minimum absolute atomic E-state index is 0.0839. The number of aliphatic hydroxyl groups excluding tert-OH is 1. The van der Waals surface area contributed by atoms with Gasteiger partial charge in [-0.05, 0) is 35.7 Å². The molecule has 0 radical (unpaired) electrons. The van der Waals surface area contributed by atoms with E-state index in [2.05, 4.69) is 19.2 Å². The van der Waals surface area contributed by atoms with Crippen LogP contribution < -0.4 is 23.8 Å². The number of benzene rings is 2. The van der Waals surface area contributed by atoms with Crippen molar-refractivity contribution in [2.45, 2.75) is 13.0 Å². The molecule has 1 unspecified atom stereocenters. The number of fused-ring (bicyclic) bond motifs is 2. The van der Waals surface area contributed by atoms with Gasteiger partial charge in [-0.25, -0.2) is 0 Å². The van der Waals surface area contributed by atoms with Crippen molar-refractivity contribution in [3.8, 4) is 23.0 Å². The van der Waals surface area contributed by atoms with Gasteiger partial charge >= 0.3 is 0 Å². The Morgan fingerprint density at radius 2 is 1.89 bits per heavy atom. The largest absolute Gasteiger partial charge is 0.493 e. The van der Waals surface area contributed by atoms with Gasteiger partial charge in [0.05, 0.1) is 26.8 Å². The molecule has 0 amide bonds. The molecule has 0 aromatic heterocycles. The fourth-order valence-electron chi connectivity index (χ4n) is 3.83. The zero-order valence-electron chi connectivity index (χ0n) is 15.8. The summed E-state index contributed by atoms with van der Waals surface area (Å²) < 4.78 is 22.1. The second kappa shape index (κ2) is 7.13. The van der Waals surface area contributed by atoms with E-state index in [9.17, 15) is 5.11 Å².